The third-order valence-electron chi connectivity index (χ3n) is 5.87. The van der Waals surface area contributed by atoms with Crippen LogP contribution in [0.3, 0.4) is 0 Å². The predicted octanol–water partition coefficient (Wildman–Crippen LogP) is 3.34. The summed E-state index contributed by atoms with van der Waals surface area (Å²) in [5, 5.41) is 8.58. The average molecular weight is 419 g/mol. The fourth-order valence-corrected chi connectivity index (χ4v) is 3.82. The predicted molar refractivity (Wildman–Crippen MR) is 111 cm³/mol. The summed E-state index contributed by atoms with van der Waals surface area (Å²) in [6.07, 6.45) is 2.46. The topological polar surface area (TPSA) is 105 Å². The van der Waals surface area contributed by atoms with Crippen molar-refractivity contribution in [2.45, 2.75) is 52.7 Å². The molecular formula is C20H27ClN6O2. The third kappa shape index (κ3) is 3.35. The Kier molecular flexibility index (Phi) is 5.55. The number of nitrogens with two attached hydrogens (primary N) is 1. The average Bonchev–Trinajstić information content (AvgIpc) is 3.28. The van der Waals surface area contributed by atoms with Gasteiger partial charge < -0.3 is 15.0 Å². The Hall–Kier alpha value is -2.29. The fourth-order valence-electron chi connectivity index (χ4n) is 3.82. The van der Waals surface area contributed by atoms with Crippen molar-refractivity contribution >= 4 is 12.4 Å². The fraction of sp³-hybridized carbons (Fsp3) is 0.500. The van der Waals surface area contributed by atoms with Gasteiger partial charge in [-0.1, -0.05) is 19.0 Å². The van der Waals surface area contributed by atoms with Crippen LogP contribution >= 0.6 is 12.4 Å². The second-order valence-electron chi connectivity index (χ2n) is 8.01. The second kappa shape index (κ2) is 7.51. The number of halogens is 1. The number of aryl methyl sites for hydroxylation is 2. The Balaban J connectivity index is 0.00000240. The highest BCUT2D eigenvalue weighted by Gasteiger charge is 2.62. The summed E-state index contributed by atoms with van der Waals surface area (Å²) in [4.78, 5) is 9.07. The highest BCUT2D eigenvalue weighted by molar-refractivity contribution is 5.85. The molecular weight excluding hydrogens is 392 g/mol. The van der Waals surface area contributed by atoms with Gasteiger partial charge in [-0.2, -0.15) is 10.1 Å². The van der Waals surface area contributed by atoms with E-state index in [9.17, 15) is 0 Å². The van der Waals surface area contributed by atoms with Crippen molar-refractivity contribution in [1.29, 1.82) is 0 Å². The number of aromatic nitrogens is 5. The summed E-state index contributed by atoms with van der Waals surface area (Å²) in [6, 6.07) is 5.81. The maximum Gasteiger partial charge on any atom is 0.247 e. The number of nitrogens with zero attached hydrogens (tertiary/aromatic N) is 5. The van der Waals surface area contributed by atoms with Gasteiger partial charge in [0.05, 0.1) is 11.8 Å². The van der Waals surface area contributed by atoms with Gasteiger partial charge in [-0.05, 0) is 39.0 Å². The van der Waals surface area contributed by atoms with Gasteiger partial charge in [0, 0.05) is 35.9 Å². The lowest BCUT2D eigenvalue weighted by Gasteiger charge is -2.56. The smallest absolute Gasteiger partial charge is 0.247 e. The first kappa shape index (κ1) is 21.4. The molecule has 1 aliphatic carbocycles. The first-order valence-electron chi connectivity index (χ1n) is 9.51. The Morgan fingerprint density at radius 1 is 1.31 bits per heavy atom. The zero-order chi connectivity index (χ0) is 20.1. The molecule has 3 aromatic heterocycles. The Bertz CT molecular complexity index is 997. The third-order valence-corrected chi connectivity index (χ3v) is 5.87. The number of hydrogen-bond acceptors (Lipinski definition) is 7. The van der Waals surface area contributed by atoms with Crippen LogP contribution in [0.25, 0.3) is 17.2 Å². The Morgan fingerprint density at radius 2 is 2.07 bits per heavy atom. The summed E-state index contributed by atoms with van der Waals surface area (Å²) >= 11 is 0. The van der Waals surface area contributed by atoms with E-state index >= 15 is 0 Å². The van der Waals surface area contributed by atoms with Crippen molar-refractivity contribution in [3.8, 4) is 17.2 Å². The van der Waals surface area contributed by atoms with E-state index < -0.39 is 5.54 Å². The quantitative estimate of drug-likeness (QED) is 0.677. The molecule has 0 amide bonds. The van der Waals surface area contributed by atoms with Gasteiger partial charge in [0.2, 0.25) is 11.7 Å². The number of ether oxygens (including phenoxy) is 1. The van der Waals surface area contributed by atoms with Crippen LogP contribution in [-0.2, 0) is 10.3 Å². The van der Waals surface area contributed by atoms with Gasteiger partial charge in [0.15, 0.2) is 5.82 Å². The summed E-state index contributed by atoms with van der Waals surface area (Å²) < 4.78 is 13.1. The van der Waals surface area contributed by atoms with Crippen molar-refractivity contribution in [2.75, 3.05) is 6.61 Å². The molecule has 2 atom stereocenters. The van der Waals surface area contributed by atoms with E-state index in [1.165, 1.54) is 0 Å². The first-order valence-corrected chi connectivity index (χ1v) is 9.51. The van der Waals surface area contributed by atoms with Crippen LogP contribution in [0.4, 0.5) is 0 Å². The lowest BCUT2D eigenvalue weighted by molar-refractivity contribution is -0.162. The second-order valence-corrected chi connectivity index (χ2v) is 8.01. The molecule has 0 bridgehead atoms. The summed E-state index contributed by atoms with van der Waals surface area (Å²) in [6.45, 7) is 10.8. The number of hydrogen-bond donors (Lipinski definition) is 1. The number of rotatable bonds is 5. The monoisotopic (exact) mass is 418 g/mol. The maximum absolute atomic E-state index is 6.63. The lowest BCUT2D eigenvalue weighted by atomic mass is 9.54. The van der Waals surface area contributed by atoms with Crippen molar-refractivity contribution in [3.05, 3.63) is 41.7 Å². The van der Waals surface area contributed by atoms with Crippen LogP contribution in [-0.4, -0.2) is 37.6 Å². The standard InChI is InChI=1S/C20H26N6O2.ClH/c1-6-27-15-10-20(21,19(15,4)5)18-23-17(25-28-18)14-7-8-16(22-11-14)26-13(3)9-12(2)24-26;/h7-9,11,15H,6,10,21H2,1-5H3;1H. The molecule has 9 heteroatoms. The molecule has 0 aliphatic heterocycles. The van der Waals surface area contributed by atoms with E-state index in [4.69, 9.17) is 15.0 Å². The highest BCUT2D eigenvalue weighted by Crippen LogP contribution is 2.55. The summed E-state index contributed by atoms with van der Waals surface area (Å²) in [5.74, 6) is 1.65. The molecule has 1 fully saturated rings. The molecule has 8 nitrogen and oxygen atoms in total. The minimum absolute atomic E-state index is 0. The molecule has 156 valence electrons. The minimum atomic E-state index is -0.699. The maximum atomic E-state index is 6.63. The van der Waals surface area contributed by atoms with Crippen LogP contribution in [0.15, 0.2) is 28.9 Å². The van der Waals surface area contributed by atoms with E-state index in [2.05, 4.69) is 34.1 Å². The van der Waals surface area contributed by atoms with Crippen LogP contribution in [0.5, 0.6) is 0 Å². The van der Waals surface area contributed by atoms with E-state index in [1.54, 1.807) is 10.9 Å². The lowest BCUT2D eigenvalue weighted by Crippen LogP contribution is -2.67. The molecule has 29 heavy (non-hydrogen) atoms. The summed E-state index contributed by atoms with van der Waals surface area (Å²) in [5.41, 5.74) is 8.39. The van der Waals surface area contributed by atoms with E-state index in [-0.39, 0.29) is 23.9 Å². The van der Waals surface area contributed by atoms with Crippen molar-refractivity contribution in [2.24, 2.45) is 11.1 Å². The van der Waals surface area contributed by atoms with E-state index in [1.807, 2.05) is 39.0 Å². The number of pyridine rings is 1. The molecule has 3 aromatic rings. The van der Waals surface area contributed by atoms with Crippen LogP contribution in [0, 0.1) is 19.3 Å². The van der Waals surface area contributed by atoms with Crippen LogP contribution < -0.4 is 5.73 Å². The molecule has 0 saturated heterocycles. The molecule has 3 heterocycles. The minimum Gasteiger partial charge on any atom is -0.378 e. The van der Waals surface area contributed by atoms with Crippen molar-refractivity contribution in [3.63, 3.8) is 0 Å². The summed E-state index contributed by atoms with van der Waals surface area (Å²) in [7, 11) is 0. The first-order chi connectivity index (χ1) is 13.3. The van der Waals surface area contributed by atoms with E-state index in [0.29, 0.717) is 24.7 Å². The zero-order valence-corrected chi connectivity index (χ0v) is 18.2. The molecule has 1 aliphatic rings. The van der Waals surface area contributed by atoms with E-state index in [0.717, 1.165) is 22.8 Å². The van der Waals surface area contributed by atoms with Gasteiger partial charge in [0.1, 0.15) is 5.54 Å². The van der Waals surface area contributed by atoms with Gasteiger partial charge in [-0.3, -0.25) is 0 Å². The van der Waals surface area contributed by atoms with Gasteiger partial charge in [-0.25, -0.2) is 9.67 Å². The molecule has 4 rings (SSSR count). The normalized spacial score (nSPS) is 22.8. The molecule has 2 unspecified atom stereocenters. The van der Waals surface area contributed by atoms with Gasteiger partial charge in [-0.15, -0.1) is 12.4 Å². The molecule has 1 saturated carbocycles. The largest absolute Gasteiger partial charge is 0.378 e. The van der Waals surface area contributed by atoms with Crippen molar-refractivity contribution < 1.29 is 9.26 Å². The van der Waals surface area contributed by atoms with Crippen molar-refractivity contribution in [1.82, 2.24) is 24.9 Å². The molecule has 0 aromatic carbocycles. The zero-order valence-electron chi connectivity index (χ0n) is 17.3. The van der Waals surface area contributed by atoms with Crippen LogP contribution in [0.2, 0.25) is 0 Å². The van der Waals surface area contributed by atoms with Gasteiger partial charge in [0.25, 0.3) is 0 Å². The molecule has 2 N–H and O–H groups in total. The Morgan fingerprint density at radius 3 is 2.62 bits per heavy atom. The molecule has 0 spiro atoms. The highest BCUT2D eigenvalue weighted by atomic mass is 35.5. The molecule has 0 radical (unpaired) electrons. The Labute approximate surface area is 176 Å². The van der Waals surface area contributed by atoms with Gasteiger partial charge >= 0.3 is 0 Å². The van der Waals surface area contributed by atoms with Crippen LogP contribution in [0.1, 0.15) is 44.5 Å². The SMILES string of the molecule is CCOC1CC(N)(c2nc(-c3ccc(-n4nc(C)cc4C)nc3)no2)C1(C)C.Cl.